The second-order valence-electron chi connectivity index (χ2n) is 5.45. The van der Waals surface area contributed by atoms with Crippen molar-refractivity contribution in [1.82, 2.24) is 0 Å². The van der Waals surface area contributed by atoms with Crippen LogP contribution in [-0.2, 0) is 4.74 Å². The minimum absolute atomic E-state index is 0.263. The minimum atomic E-state index is -1.62. The van der Waals surface area contributed by atoms with Gasteiger partial charge >= 0.3 is 0 Å². The Balaban J connectivity index is 3.85. The Bertz CT molecular complexity index is 244. The van der Waals surface area contributed by atoms with Crippen molar-refractivity contribution in [2.24, 2.45) is 11.7 Å². The SMILES string of the molecule is CC(CO)C(O)C(O)C(O)C(O)OCCCCCCCN. The molecule has 0 radical (unpaired) electrons. The fraction of sp³-hybridized carbons (Fsp3) is 1.00. The molecule has 0 bridgehead atoms. The van der Waals surface area contributed by atoms with Gasteiger partial charge in [-0.15, -0.1) is 0 Å². The van der Waals surface area contributed by atoms with Crippen molar-refractivity contribution in [2.45, 2.75) is 63.6 Å². The molecule has 21 heavy (non-hydrogen) atoms. The normalized spacial score (nSPS) is 19.0. The van der Waals surface area contributed by atoms with Crippen LogP contribution in [0.15, 0.2) is 0 Å². The van der Waals surface area contributed by atoms with Gasteiger partial charge in [0.25, 0.3) is 0 Å². The number of hydrogen-bond donors (Lipinski definition) is 6. The standard InChI is InChI=1S/C14H31NO6/c1-10(9-16)11(17)12(18)13(19)14(20)21-8-6-4-2-3-5-7-15/h10-14,16-20H,2-9,15H2,1H3. The Morgan fingerprint density at radius 2 is 1.43 bits per heavy atom. The molecular formula is C14H31NO6. The molecule has 0 aliphatic rings. The molecular weight excluding hydrogens is 278 g/mol. The predicted molar refractivity (Wildman–Crippen MR) is 78.4 cm³/mol. The fourth-order valence-electron chi connectivity index (χ4n) is 1.89. The molecule has 0 aliphatic heterocycles. The second-order valence-corrected chi connectivity index (χ2v) is 5.45. The topological polar surface area (TPSA) is 136 Å². The van der Waals surface area contributed by atoms with Crippen LogP contribution < -0.4 is 5.73 Å². The van der Waals surface area contributed by atoms with Gasteiger partial charge in [0, 0.05) is 19.1 Å². The van der Waals surface area contributed by atoms with E-state index in [4.69, 9.17) is 15.6 Å². The van der Waals surface area contributed by atoms with Gasteiger partial charge in [-0.3, -0.25) is 0 Å². The van der Waals surface area contributed by atoms with E-state index in [1.807, 2.05) is 0 Å². The highest BCUT2D eigenvalue weighted by Gasteiger charge is 2.33. The molecule has 5 atom stereocenters. The van der Waals surface area contributed by atoms with Gasteiger partial charge in [-0.25, -0.2) is 0 Å². The molecule has 7 N–H and O–H groups in total. The molecule has 0 aromatic carbocycles. The first-order chi connectivity index (χ1) is 9.95. The number of hydrogen-bond acceptors (Lipinski definition) is 7. The number of nitrogens with two attached hydrogens (primary N) is 1. The molecule has 5 unspecified atom stereocenters. The third-order valence-corrected chi connectivity index (χ3v) is 3.50. The fourth-order valence-corrected chi connectivity index (χ4v) is 1.89. The molecule has 7 heteroatoms. The van der Waals surface area contributed by atoms with E-state index in [2.05, 4.69) is 0 Å². The van der Waals surface area contributed by atoms with Gasteiger partial charge in [-0.1, -0.05) is 26.2 Å². The number of rotatable bonds is 13. The van der Waals surface area contributed by atoms with Gasteiger partial charge in [0.2, 0.25) is 0 Å². The summed E-state index contributed by atoms with van der Waals surface area (Å²) in [6.07, 6.45) is -1.33. The van der Waals surface area contributed by atoms with Crippen molar-refractivity contribution in [3.05, 3.63) is 0 Å². The summed E-state index contributed by atoms with van der Waals surface area (Å²) in [5.41, 5.74) is 5.38. The summed E-state index contributed by atoms with van der Waals surface area (Å²) in [7, 11) is 0. The van der Waals surface area contributed by atoms with Crippen LogP contribution in [0.1, 0.15) is 39.0 Å². The van der Waals surface area contributed by atoms with E-state index in [0.717, 1.165) is 32.1 Å². The van der Waals surface area contributed by atoms with E-state index < -0.39 is 30.5 Å². The van der Waals surface area contributed by atoms with Gasteiger partial charge in [-0.2, -0.15) is 0 Å². The van der Waals surface area contributed by atoms with Crippen LogP contribution in [0.5, 0.6) is 0 Å². The lowest BCUT2D eigenvalue weighted by Gasteiger charge is -2.28. The van der Waals surface area contributed by atoms with Crippen LogP contribution in [0, 0.1) is 5.92 Å². The van der Waals surface area contributed by atoms with E-state index in [1.54, 1.807) is 0 Å². The van der Waals surface area contributed by atoms with E-state index in [-0.39, 0.29) is 13.2 Å². The van der Waals surface area contributed by atoms with Crippen LogP contribution in [0.4, 0.5) is 0 Å². The van der Waals surface area contributed by atoms with Crippen LogP contribution in [-0.4, -0.2) is 69.9 Å². The highest BCUT2D eigenvalue weighted by atomic mass is 16.6. The first kappa shape index (κ1) is 20.7. The first-order valence-electron chi connectivity index (χ1n) is 7.60. The molecule has 0 spiro atoms. The number of aliphatic hydroxyl groups excluding tert-OH is 5. The Hall–Kier alpha value is -0.280. The average molecular weight is 309 g/mol. The zero-order chi connectivity index (χ0) is 16.3. The van der Waals surface area contributed by atoms with E-state index in [0.29, 0.717) is 6.54 Å². The Labute approximate surface area is 126 Å². The minimum Gasteiger partial charge on any atom is -0.396 e. The third kappa shape index (κ3) is 8.67. The van der Waals surface area contributed by atoms with Crippen LogP contribution in [0.3, 0.4) is 0 Å². The highest BCUT2D eigenvalue weighted by Crippen LogP contribution is 2.13. The molecule has 0 aliphatic carbocycles. The van der Waals surface area contributed by atoms with Crippen molar-refractivity contribution in [1.29, 1.82) is 0 Å². The molecule has 7 nitrogen and oxygen atoms in total. The molecule has 0 amide bonds. The summed E-state index contributed by atoms with van der Waals surface area (Å²) < 4.78 is 5.04. The maximum atomic E-state index is 9.70. The molecule has 0 saturated carbocycles. The van der Waals surface area contributed by atoms with Crippen LogP contribution in [0.2, 0.25) is 0 Å². The van der Waals surface area contributed by atoms with Crippen molar-refractivity contribution < 1.29 is 30.3 Å². The maximum Gasteiger partial charge on any atom is 0.183 e. The number of ether oxygens (including phenoxy) is 1. The summed E-state index contributed by atoms with van der Waals surface area (Å²) in [4.78, 5) is 0. The van der Waals surface area contributed by atoms with Crippen molar-refractivity contribution >= 4 is 0 Å². The quantitative estimate of drug-likeness (QED) is 0.188. The van der Waals surface area contributed by atoms with Gasteiger partial charge < -0.3 is 36.0 Å². The number of unbranched alkanes of at least 4 members (excludes halogenated alkanes) is 4. The lowest BCUT2D eigenvalue weighted by atomic mass is 9.97. The Kier molecular flexibility index (Phi) is 12.1. The first-order valence-corrected chi connectivity index (χ1v) is 7.60. The van der Waals surface area contributed by atoms with E-state index in [1.165, 1.54) is 6.92 Å². The number of aliphatic hydroxyl groups is 5. The largest absolute Gasteiger partial charge is 0.396 e. The Morgan fingerprint density at radius 3 is 2.00 bits per heavy atom. The van der Waals surface area contributed by atoms with Gasteiger partial charge in [0.1, 0.15) is 12.2 Å². The molecule has 0 rings (SSSR count). The van der Waals surface area contributed by atoms with Crippen molar-refractivity contribution in [2.75, 3.05) is 19.8 Å². The summed E-state index contributed by atoms with van der Waals surface area (Å²) >= 11 is 0. The molecule has 0 saturated heterocycles. The smallest absolute Gasteiger partial charge is 0.183 e. The molecule has 0 aromatic rings. The lowest BCUT2D eigenvalue weighted by molar-refractivity contribution is -0.207. The predicted octanol–water partition coefficient (Wildman–Crippen LogP) is -1.06. The maximum absolute atomic E-state index is 9.70. The molecule has 0 fully saturated rings. The van der Waals surface area contributed by atoms with Crippen LogP contribution in [0.25, 0.3) is 0 Å². The van der Waals surface area contributed by atoms with Crippen LogP contribution >= 0.6 is 0 Å². The van der Waals surface area contributed by atoms with Gasteiger partial charge in [0.15, 0.2) is 6.29 Å². The van der Waals surface area contributed by atoms with E-state index >= 15 is 0 Å². The average Bonchev–Trinajstić information content (AvgIpc) is 2.50. The van der Waals surface area contributed by atoms with Crippen molar-refractivity contribution in [3.8, 4) is 0 Å². The summed E-state index contributed by atoms with van der Waals surface area (Å²) in [6.45, 7) is 2.15. The summed E-state index contributed by atoms with van der Waals surface area (Å²) in [5.74, 6) is -0.607. The molecule has 128 valence electrons. The lowest BCUT2D eigenvalue weighted by Crippen LogP contribution is -2.48. The van der Waals surface area contributed by atoms with E-state index in [9.17, 15) is 20.4 Å². The zero-order valence-electron chi connectivity index (χ0n) is 12.8. The Morgan fingerprint density at radius 1 is 0.857 bits per heavy atom. The monoisotopic (exact) mass is 309 g/mol. The zero-order valence-corrected chi connectivity index (χ0v) is 12.8. The highest BCUT2D eigenvalue weighted by molar-refractivity contribution is 4.80. The second kappa shape index (κ2) is 12.3. The molecule has 0 aromatic heterocycles. The van der Waals surface area contributed by atoms with Gasteiger partial charge in [0.05, 0.1) is 6.10 Å². The molecule has 0 heterocycles. The summed E-state index contributed by atoms with van der Waals surface area (Å²) in [6, 6.07) is 0. The third-order valence-electron chi connectivity index (χ3n) is 3.50. The summed E-state index contributed by atoms with van der Waals surface area (Å²) in [5, 5.41) is 47.5. The van der Waals surface area contributed by atoms with Crippen molar-refractivity contribution in [3.63, 3.8) is 0 Å². The van der Waals surface area contributed by atoms with Gasteiger partial charge in [-0.05, 0) is 19.4 Å².